The first-order valence-corrected chi connectivity index (χ1v) is 5.13. The zero-order valence-electron chi connectivity index (χ0n) is 9.54. The number of rotatable bonds is 4. The molecule has 0 unspecified atom stereocenters. The molecule has 0 saturated carbocycles. The molecular weight excluding hydrogens is 233 g/mol. The number of hydrogen-bond acceptors (Lipinski definition) is 2. The molecule has 0 atom stereocenters. The number of halogens is 3. The fourth-order valence-electron chi connectivity index (χ4n) is 1.22. The summed E-state index contributed by atoms with van der Waals surface area (Å²) in [5.74, 6) is 0.720. The van der Waals surface area contributed by atoms with Crippen molar-refractivity contribution in [1.29, 1.82) is 0 Å². The molecule has 0 radical (unpaired) electrons. The second kappa shape index (κ2) is 5.61. The van der Waals surface area contributed by atoms with E-state index in [9.17, 15) is 13.2 Å². The topological polar surface area (TPSA) is 18.5 Å². The molecule has 0 aliphatic carbocycles. The Kier molecular flexibility index (Phi) is 4.43. The zero-order valence-corrected chi connectivity index (χ0v) is 9.54. The molecule has 0 spiro atoms. The molecule has 17 heavy (non-hydrogen) atoms. The smallest absolute Gasteiger partial charge is 0.462 e. The van der Waals surface area contributed by atoms with Gasteiger partial charge in [0.1, 0.15) is 11.5 Å². The van der Waals surface area contributed by atoms with Gasteiger partial charge in [-0.3, -0.25) is 0 Å². The van der Waals surface area contributed by atoms with Crippen LogP contribution in [0.2, 0.25) is 0 Å². The summed E-state index contributed by atoms with van der Waals surface area (Å²) in [6.45, 7) is 3.69. The van der Waals surface area contributed by atoms with E-state index in [2.05, 4.69) is 4.74 Å². The summed E-state index contributed by atoms with van der Waals surface area (Å²) in [6, 6.07) is 5.44. The summed E-state index contributed by atoms with van der Waals surface area (Å²) >= 11 is 0. The van der Waals surface area contributed by atoms with Gasteiger partial charge in [-0.2, -0.15) is 0 Å². The Morgan fingerprint density at radius 2 is 1.94 bits per heavy atom. The maximum absolute atomic E-state index is 12.0. The van der Waals surface area contributed by atoms with Crippen LogP contribution in [0.5, 0.6) is 11.5 Å². The second-order valence-corrected chi connectivity index (χ2v) is 3.23. The highest BCUT2D eigenvalue weighted by atomic mass is 19.4. The van der Waals surface area contributed by atoms with Crippen LogP contribution in [-0.4, -0.2) is 6.36 Å². The van der Waals surface area contributed by atoms with E-state index in [1.165, 1.54) is 18.2 Å². The molecule has 2 nitrogen and oxygen atoms in total. The lowest BCUT2D eigenvalue weighted by atomic mass is 10.3. The second-order valence-electron chi connectivity index (χ2n) is 3.23. The molecule has 0 fully saturated rings. The van der Waals surface area contributed by atoms with Gasteiger partial charge in [0.2, 0.25) is 0 Å². The molecule has 5 heteroatoms. The zero-order chi connectivity index (χ0) is 12.9. The number of hydrogen-bond donors (Lipinski definition) is 0. The third-order valence-electron chi connectivity index (χ3n) is 1.96. The first kappa shape index (κ1) is 13.4. The molecule has 94 valence electrons. The Hall–Kier alpha value is -1.65. The monoisotopic (exact) mass is 246 g/mol. The first-order chi connectivity index (χ1) is 7.94. The highest BCUT2D eigenvalue weighted by Crippen LogP contribution is 2.27. The quantitative estimate of drug-likeness (QED) is 0.738. The predicted octanol–water partition coefficient (Wildman–Crippen LogP) is 4.28. The van der Waals surface area contributed by atoms with E-state index in [-0.39, 0.29) is 5.75 Å². The molecule has 0 saturated heterocycles. The SMILES string of the molecule is CC=C(CC)Oc1cccc(OC(F)(F)F)c1. The largest absolute Gasteiger partial charge is 0.573 e. The highest BCUT2D eigenvalue weighted by molar-refractivity contribution is 5.34. The van der Waals surface area contributed by atoms with Crippen molar-refractivity contribution in [2.45, 2.75) is 26.6 Å². The third-order valence-corrected chi connectivity index (χ3v) is 1.96. The van der Waals surface area contributed by atoms with Crippen molar-refractivity contribution < 1.29 is 22.6 Å². The van der Waals surface area contributed by atoms with Crippen LogP contribution in [-0.2, 0) is 0 Å². The molecule has 0 amide bonds. The highest BCUT2D eigenvalue weighted by Gasteiger charge is 2.31. The Bertz CT molecular complexity index is 397. The van der Waals surface area contributed by atoms with Gasteiger partial charge in [-0.05, 0) is 25.1 Å². The van der Waals surface area contributed by atoms with Gasteiger partial charge < -0.3 is 9.47 Å². The van der Waals surface area contributed by atoms with Gasteiger partial charge in [-0.25, -0.2) is 0 Å². The van der Waals surface area contributed by atoms with Gasteiger partial charge in [0.25, 0.3) is 0 Å². The minimum Gasteiger partial charge on any atom is -0.462 e. The minimum absolute atomic E-state index is 0.290. The van der Waals surface area contributed by atoms with E-state index in [4.69, 9.17) is 4.74 Å². The minimum atomic E-state index is -4.69. The number of alkyl halides is 3. The van der Waals surface area contributed by atoms with Crippen LogP contribution < -0.4 is 9.47 Å². The van der Waals surface area contributed by atoms with E-state index in [0.29, 0.717) is 17.9 Å². The van der Waals surface area contributed by atoms with Crippen molar-refractivity contribution in [1.82, 2.24) is 0 Å². The Balaban J connectivity index is 2.79. The fourth-order valence-corrected chi connectivity index (χ4v) is 1.22. The predicted molar refractivity (Wildman–Crippen MR) is 57.8 cm³/mol. The van der Waals surface area contributed by atoms with E-state index in [0.717, 1.165) is 0 Å². The lowest BCUT2D eigenvalue weighted by Crippen LogP contribution is -2.17. The van der Waals surface area contributed by atoms with Gasteiger partial charge in [-0.15, -0.1) is 13.2 Å². The number of benzene rings is 1. The molecule has 0 aliphatic rings. The summed E-state index contributed by atoms with van der Waals surface area (Å²) in [7, 11) is 0. The van der Waals surface area contributed by atoms with Crippen molar-refractivity contribution >= 4 is 0 Å². The van der Waals surface area contributed by atoms with Crippen molar-refractivity contribution in [2.24, 2.45) is 0 Å². The maximum Gasteiger partial charge on any atom is 0.573 e. The summed E-state index contributed by atoms with van der Waals surface area (Å²) < 4.78 is 45.2. The molecule has 1 aromatic carbocycles. The molecule has 1 rings (SSSR count). The average molecular weight is 246 g/mol. The van der Waals surface area contributed by atoms with E-state index >= 15 is 0 Å². The van der Waals surface area contributed by atoms with Crippen LogP contribution >= 0.6 is 0 Å². The number of allylic oxidation sites excluding steroid dienone is 2. The summed E-state index contributed by atoms with van der Waals surface area (Å²) in [4.78, 5) is 0. The molecule has 0 bridgehead atoms. The average Bonchev–Trinajstić information content (AvgIpc) is 2.24. The van der Waals surface area contributed by atoms with Gasteiger partial charge in [0.15, 0.2) is 0 Å². The maximum atomic E-state index is 12.0. The van der Waals surface area contributed by atoms with E-state index < -0.39 is 6.36 Å². The lowest BCUT2D eigenvalue weighted by molar-refractivity contribution is -0.274. The molecule has 1 aromatic rings. The Morgan fingerprint density at radius 3 is 2.47 bits per heavy atom. The fraction of sp³-hybridized carbons (Fsp3) is 0.333. The van der Waals surface area contributed by atoms with Crippen LogP contribution in [0.3, 0.4) is 0 Å². The van der Waals surface area contributed by atoms with Gasteiger partial charge in [0, 0.05) is 12.5 Å². The number of ether oxygens (including phenoxy) is 2. The van der Waals surface area contributed by atoms with Gasteiger partial charge >= 0.3 is 6.36 Å². The van der Waals surface area contributed by atoms with Gasteiger partial charge in [-0.1, -0.05) is 13.0 Å². The van der Waals surface area contributed by atoms with Crippen LogP contribution in [0.1, 0.15) is 20.3 Å². The van der Waals surface area contributed by atoms with Crippen molar-refractivity contribution in [3.8, 4) is 11.5 Å². The molecule has 0 N–H and O–H groups in total. The van der Waals surface area contributed by atoms with E-state index in [1.807, 2.05) is 6.92 Å². The van der Waals surface area contributed by atoms with Crippen LogP contribution in [0.15, 0.2) is 36.1 Å². The Labute approximate surface area is 97.7 Å². The standard InChI is InChI=1S/C12H13F3O2/c1-3-9(4-2)16-10-6-5-7-11(8-10)17-12(13,14)15/h3,5-8H,4H2,1-2H3. The van der Waals surface area contributed by atoms with Crippen LogP contribution in [0.25, 0.3) is 0 Å². The van der Waals surface area contributed by atoms with E-state index in [1.54, 1.807) is 19.1 Å². The first-order valence-electron chi connectivity index (χ1n) is 5.13. The van der Waals surface area contributed by atoms with Gasteiger partial charge in [0.05, 0.1) is 5.76 Å². The third kappa shape index (κ3) is 4.80. The molecule has 0 aromatic heterocycles. The van der Waals surface area contributed by atoms with Crippen LogP contribution in [0, 0.1) is 0 Å². The lowest BCUT2D eigenvalue weighted by Gasteiger charge is -2.11. The summed E-state index contributed by atoms with van der Waals surface area (Å²) in [6.07, 6.45) is -2.26. The normalized spacial score (nSPS) is 12.4. The van der Waals surface area contributed by atoms with Crippen molar-refractivity contribution in [2.75, 3.05) is 0 Å². The summed E-state index contributed by atoms with van der Waals surface area (Å²) in [5.41, 5.74) is 0. The molecule has 0 heterocycles. The Morgan fingerprint density at radius 1 is 1.29 bits per heavy atom. The molecular formula is C12H13F3O2. The summed E-state index contributed by atoms with van der Waals surface area (Å²) in [5, 5.41) is 0. The van der Waals surface area contributed by atoms with Crippen molar-refractivity contribution in [3.63, 3.8) is 0 Å². The van der Waals surface area contributed by atoms with Crippen molar-refractivity contribution in [3.05, 3.63) is 36.1 Å². The van der Waals surface area contributed by atoms with Crippen LogP contribution in [0.4, 0.5) is 13.2 Å². The molecule has 0 aliphatic heterocycles.